The molecule has 4 heteroatoms. The van der Waals surface area contributed by atoms with Crippen LogP contribution in [-0.2, 0) is 9.84 Å². The molecule has 4 aliphatic carbocycles. The number of hydrogen-bond donors (Lipinski definition) is 1. The third kappa shape index (κ3) is 1.61. The van der Waals surface area contributed by atoms with Gasteiger partial charge in [-0.2, -0.15) is 0 Å². The van der Waals surface area contributed by atoms with Gasteiger partial charge in [0.2, 0.25) is 0 Å². The lowest BCUT2D eigenvalue weighted by atomic mass is 9.56. The lowest BCUT2D eigenvalue weighted by molar-refractivity contribution is 0.0235. The molecule has 5 fully saturated rings. The van der Waals surface area contributed by atoms with E-state index < -0.39 is 9.84 Å². The summed E-state index contributed by atoms with van der Waals surface area (Å²) in [6.45, 7) is 1.59. The lowest BCUT2D eigenvalue weighted by Crippen LogP contribution is -2.53. The second-order valence-corrected chi connectivity index (χ2v) is 9.49. The quantitative estimate of drug-likeness (QED) is 0.828. The van der Waals surface area contributed by atoms with Gasteiger partial charge in [0.25, 0.3) is 0 Å². The molecule has 3 nitrogen and oxygen atoms in total. The maximum absolute atomic E-state index is 12.9. The van der Waals surface area contributed by atoms with E-state index >= 15 is 0 Å². The summed E-state index contributed by atoms with van der Waals surface area (Å²) in [6.07, 6.45) is 7.05. The monoisotopic (exact) mass is 269 g/mol. The summed E-state index contributed by atoms with van der Waals surface area (Å²) in [5, 5.41) is 3.16. The molecule has 0 aromatic carbocycles. The number of nitrogens with one attached hydrogen (secondary N) is 1. The van der Waals surface area contributed by atoms with E-state index in [0.717, 1.165) is 24.8 Å². The molecular formula is C14H23NO2S. The van der Waals surface area contributed by atoms with Crippen molar-refractivity contribution in [3.8, 4) is 0 Å². The molecule has 1 atom stereocenters. The van der Waals surface area contributed by atoms with Crippen LogP contribution in [0.3, 0.4) is 0 Å². The smallest absolute Gasteiger partial charge is 0.157 e. The van der Waals surface area contributed by atoms with Crippen molar-refractivity contribution in [3.05, 3.63) is 0 Å². The van der Waals surface area contributed by atoms with Crippen molar-refractivity contribution in [1.29, 1.82) is 0 Å². The van der Waals surface area contributed by atoms with Crippen molar-refractivity contribution in [2.75, 3.05) is 13.1 Å². The fourth-order valence-corrected chi connectivity index (χ4v) is 8.30. The summed E-state index contributed by atoms with van der Waals surface area (Å²) >= 11 is 0. The minimum Gasteiger partial charge on any atom is -0.315 e. The minimum absolute atomic E-state index is 0.0233. The van der Waals surface area contributed by atoms with E-state index in [1.807, 2.05) is 0 Å². The molecule has 0 spiro atoms. The third-order valence-corrected chi connectivity index (χ3v) is 8.86. The fourth-order valence-electron chi connectivity index (χ4n) is 5.54. The number of sulfone groups is 1. The van der Waals surface area contributed by atoms with Crippen LogP contribution < -0.4 is 5.32 Å². The van der Waals surface area contributed by atoms with E-state index in [2.05, 4.69) is 5.32 Å². The van der Waals surface area contributed by atoms with Gasteiger partial charge < -0.3 is 5.32 Å². The highest BCUT2D eigenvalue weighted by Gasteiger charge is 2.54. The molecular weight excluding hydrogens is 246 g/mol. The molecule has 1 heterocycles. The first-order chi connectivity index (χ1) is 8.64. The Morgan fingerprint density at radius 3 is 2.00 bits per heavy atom. The summed E-state index contributed by atoms with van der Waals surface area (Å²) < 4.78 is 25.8. The molecule has 5 aliphatic rings. The highest BCUT2D eigenvalue weighted by Crippen LogP contribution is 2.56. The predicted molar refractivity (Wildman–Crippen MR) is 71.0 cm³/mol. The fraction of sp³-hybridized carbons (Fsp3) is 1.00. The van der Waals surface area contributed by atoms with Crippen molar-refractivity contribution >= 4 is 9.84 Å². The van der Waals surface area contributed by atoms with Crippen LogP contribution in [0.1, 0.15) is 38.5 Å². The Bertz CT molecular complexity index is 411. The second kappa shape index (κ2) is 3.95. The van der Waals surface area contributed by atoms with Gasteiger partial charge in [-0.05, 0) is 68.7 Å². The van der Waals surface area contributed by atoms with Gasteiger partial charge in [0, 0.05) is 6.54 Å². The third-order valence-electron chi connectivity index (χ3n) is 6.00. The Labute approximate surface area is 110 Å². The summed E-state index contributed by atoms with van der Waals surface area (Å²) in [4.78, 5) is 0. The number of rotatable bonds is 2. The molecule has 1 saturated heterocycles. The first-order valence-corrected chi connectivity index (χ1v) is 9.19. The van der Waals surface area contributed by atoms with Crippen LogP contribution in [0.15, 0.2) is 0 Å². The van der Waals surface area contributed by atoms with E-state index in [4.69, 9.17) is 0 Å². The summed E-state index contributed by atoms with van der Waals surface area (Å²) in [7, 11) is -2.89. The molecule has 0 aromatic heterocycles. The molecule has 4 bridgehead atoms. The van der Waals surface area contributed by atoms with Gasteiger partial charge in [-0.15, -0.1) is 0 Å². The topological polar surface area (TPSA) is 46.2 Å². The Balaban J connectivity index is 1.64. The zero-order valence-electron chi connectivity index (χ0n) is 10.8. The largest absolute Gasteiger partial charge is 0.315 e. The van der Waals surface area contributed by atoms with Crippen molar-refractivity contribution in [1.82, 2.24) is 5.32 Å². The lowest BCUT2D eigenvalue weighted by Gasteiger charge is -2.54. The molecule has 1 unspecified atom stereocenters. The van der Waals surface area contributed by atoms with Gasteiger partial charge in [0.15, 0.2) is 9.84 Å². The van der Waals surface area contributed by atoms with E-state index in [1.165, 1.54) is 32.1 Å². The molecule has 0 amide bonds. The minimum atomic E-state index is -2.89. The normalized spacial score (nSPS) is 50.9. The van der Waals surface area contributed by atoms with E-state index in [-0.39, 0.29) is 10.5 Å². The zero-order valence-corrected chi connectivity index (χ0v) is 11.7. The molecule has 0 radical (unpaired) electrons. The average molecular weight is 269 g/mol. The van der Waals surface area contributed by atoms with Gasteiger partial charge in [0.05, 0.1) is 10.5 Å². The molecule has 5 rings (SSSR count). The maximum Gasteiger partial charge on any atom is 0.157 e. The van der Waals surface area contributed by atoms with Crippen LogP contribution in [0, 0.1) is 23.7 Å². The Kier molecular flexibility index (Phi) is 2.57. The van der Waals surface area contributed by atoms with Crippen molar-refractivity contribution in [3.63, 3.8) is 0 Å². The highest BCUT2D eigenvalue weighted by atomic mass is 32.2. The second-order valence-electron chi connectivity index (χ2n) is 7.10. The van der Waals surface area contributed by atoms with Gasteiger partial charge in [-0.25, -0.2) is 8.42 Å². The zero-order chi connectivity index (χ0) is 12.3. The van der Waals surface area contributed by atoms with Crippen molar-refractivity contribution in [2.45, 2.75) is 49.0 Å². The van der Waals surface area contributed by atoms with Crippen LogP contribution in [0.2, 0.25) is 0 Å². The van der Waals surface area contributed by atoms with Gasteiger partial charge in [0.1, 0.15) is 0 Å². The molecule has 1 N–H and O–H groups in total. The molecule has 102 valence electrons. The van der Waals surface area contributed by atoms with Gasteiger partial charge in [-0.1, -0.05) is 0 Å². The maximum atomic E-state index is 12.9. The van der Waals surface area contributed by atoms with Crippen LogP contribution in [0.25, 0.3) is 0 Å². The Morgan fingerprint density at radius 1 is 0.889 bits per heavy atom. The first kappa shape index (κ1) is 11.7. The Morgan fingerprint density at radius 2 is 1.50 bits per heavy atom. The van der Waals surface area contributed by atoms with Crippen LogP contribution in [0.4, 0.5) is 0 Å². The molecule has 4 saturated carbocycles. The summed E-state index contributed by atoms with van der Waals surface area (Å²) in [5.41, 5.74) is 0. The summed E-state index contributed by atoms with van der Waals surface area (Å²) in [6, 6.07) is 0. The van der Waals surface area contributed by atoms with E-state index in [9.17, 15) is 8.42 Å². The van der Waals surface area contributed by atoms with E-state index in [1.54, 1.807) is 0 Å². The molecule has 18 heavy (non-hydrogen) atoms. The first-order valence-electron chi connectivity index (χ1n) is 7.58. The summed E-state index contributed by atoms with van der Waals surface area (Å²) in [5.74, 6) is 2.74. The van der Waals surface area contributed by atoms with E-state index in [0.29, 0.717) is 18.4 Å². The molecule has 0 aromatic rings. The van der Waals surface area contributed by atoms with Crippen LogP contribution in [-0.4, -0.2) is 32.0 Å². The van der Waals surface area contributed by atoms with Crippen LogP contribution in [0.5, 0.6) is 0 Å². The van der Waals surface area contributed by atoms with Gasteiger partial charge >= 0.3 is 0 Å². The van der Waals surface area contributed by atoms with Gasteiger partial charge in [-0.3, -0.25) is 0 Å². The van der Waals surface area contributed by atoms with Crippen molar-refractivity contribution < 1.29 is 8.42 Å². The Hall–Kier alpha value is -0.0900. The number of hydrogen-bond acceptors (Lipinski definition) is 3. The average Bonchev–Trinajstić information content (AvgIpc) is 2.80. The molecule has 1 aliphatic heterocycles. The standard InChI is InChI=1S/C14H23NO2S/c16-18(17,13-1-2-15-8-13)14-11-4-9-3-10(6-11)7-12(14)5-9/h9-15H,1-8H2. The SMILES string of the molecule is O=S(=O)(C1CCNC1)C1C2CC3CC(C2)CC1C3. The highest BCUT2D eigenvalue weighted by molar-refractivity contribution is 7.92. The predicted octanol–water partition coefficient (Wildman–Crippen LogP) is 1.59. The van der Waals surface area contributed by atoms with Crippen molar-refractivity contribution in [2.24, 2.45) is 23.7 Å². The van der Waals surface area contributed by atoms with Crippen LogP contribution >= 0.6 is 0 Å².